The van der Waals surface area contributed by atoms with E-state index in [4.69, 9.17) is 5.11 Å². The van der Waals surface area contributed by atoms with Crippen molar-refractivity contribution >= 4 is 12.1 Å². The normalized spacial score (nSPS) is 23.6. The number of alkyl carbamates (subject to hydrolysis) is 1. The Labute approximate surface area is 63.3 Å². The fraction of sp³-hybridized carbons (Fsp3) is 0.667. The molecule has 1 rings (SSSR count). The van der Waals surface area contributed by atoms with Crippen LogP contribution in [0.2, 0.25) is 0 Å². The molecule has 1 fully saturated rings. The van der Waals surface area contributed by atoms with E-state index in [0.29, 0.717) is 13.0 Å². The minimum Gasteiger partial charge on any atom is -0.481 e. The highest BCUT2D eigenvalue weighted by Crippen LogP contribution is 2.07. The molecule has 2 N–H and O–H groups in total. The van der Waals surface area contributed by atoms with Crippen LogP contribution in [0, 0.1) is 0 Å². The second-order valence-electron chi connectivity index (χ2n) is 2.34. The molecule has 0 aromatic heterocycles. The van der Waals surface area contributed by atoms with Gasteiger partial charge in [-0.2, -0.15) is 0 Å². The fourth-order valence-electron chi connectivity index (χ4n) is 0.926. The maximum atomic E-state index is 10.5. The van der Waals surface area contributed by atoms with Gasteiger partial charge in [-0.1, -0.05) is 0 Å². The molecule has 0 aromatic carbocycles. The maximum absolute atomic E-state index is 10.5. The smallest absolute Gasteiger partial charge is 0.407 e. The monoisotopic (exact) mass is 159 g/mol. The third-order valence-electron chi connectivity index (χ3n) is 1.41. The molecule has 0 spiro atoms. The average molecular weight is 159 g/mol. The van der Waals surface area contributed by atoms with Crippen molar-refractivity contribution in [3.63, 3.8) is 0 Å². The second-order valence-corrected chi connectivity index (χ2v) is 2.34. The molecule has 1 heterocycles. The van der Waals surface area contributed by atoms with Gasteiger partial charge in [0.2, 0.25) is 0 Å². The van der Waals surface area contributed by atoms with Gasteiger partial charge in [-0.05, 0) is 0 Å². The summed E-state index contributed by atoms with van der Waals surface area (Å²) < 4.78 is 4.67. The summed E-state index contributed by atoms with van der Waals surface area (Å²) in [6.07, 6.45) is -0.519. The Morgan fingerprint density at radius 3 is 3.09 bits per heavy atom. The van der Waals surface area contributed by atoms with Gasteiger partial charge in [0.05, 0.1) is 6.42 Å². The fourth-order valence-corrected chi connectivity index (χ4v) is 0.926. The van der Waals surface area contributed by atoms with Gasteiger partial charge in [-0.15, -0.1) is 0 Å². The number of amides is 1. The summed E-state index contributed by atoms with van der Waals surface area (Å²) in [4.78, 5) is 20.7. The van der Waals surface area contributed by atoms with E-state index < -0.39 is 18.2 Å². The third-order valence-corrected chi connectivity index (χ3v) is 1.41. The largest absolute Gasteiger partial charge is 0.481 e. The van der Waals surface area contributed by atoms with E-state index in [2.05, 4.69) is 10.1 Å². The first-order chi connectivity index (χ1) is 5.18. The molecule has 1 unspecified atom stereocenters. The molecule has 0 aromatic rings. The van der Waals surface area contributed by atoms with Gasteiger partial charge in [-0.3, -0.25) is 4.79 Å². The summed E-state index contributed by atoms with van der Waals surface area (Å²) in [6, 6.07) is 0. The zero-order valence-electron chi connectivity index (χ0n) is 5.87. The van der Waals surface area contributed by atoms with E-state index in [-0.39, 0.29) is 6.42 Å². The topological polar surface area (TPSA) is 75.6 Å². The number of nitrogens with one attached hydrogen (secondary N) is 1. The summed E-state index contributed by atoms with van der Waals surface area (Å²) in [7, 11) is 0. The lowest BCUT2D eigenvalue weighted by atomic mass is 10.2. The summed E-state index contributed by atoms with van der Waals surface area (Å²) in [5.74, 6) is -0.940. The Bertz CT molecular complexity index is 177. The van der Waals surface area contributed by atoms with E-state index in [9.17, 15) is 9.59 Å². The molecule has 0 bridgehead atoms. The highest BCUT2D eigenvalue weighted by Gasteiger charge is 2.21. The lowest BCUT2D eigenvalue weighted by molar-refractivity contribution is -0.139. The summed E-state index contributed by atoms with van der Waals surface area (Å²) in [5.41, 5.74) is 0. The quantitative estimate of drug-likeness (QED) is 0.592. The molecule has 1 atom stereocenters. The average Bonchev–Trinajstić information content (AvgIpc) is 1.85. The van der Waals surface area contributed by atoms with Crippen LogP contribution in [0.4, 0.5) is 4.79 Å². The molecule has 1 saturated heterocycles. The maximum Gasteiger partial charge on any atom is 0.407 e. The van der Waals surface area contributed by atoms with E-state index in [0.717, 1.165) is 0 Å². The van der Waals surface area contributed by atoms with Crippen molar-refractivity contribution in [3.8, 4) is 0 Å². The summed E-state index contributed by atoms with van der Waals surface area (Å²) in [5, 5.41) is 10.8. The molecule has 0 saturated carbocycles. The van der Waals surface area contributed by atoms with Crippen LogP contribution in [-0.4, -0.2) is 29.8 Å². The van der Waals surface area contributed by atoms with Crippen molar-refractivity contribution in [2.24, 2.45) is 0 Å². The van der Waals surface area contributed by atoms with E-state index in [1.54, 1.807) is 0 Å². The number of carboxylic acid groups (broad SMARTS) is 1. The van der Waals surface area contributed by atoms with Crippen LogP contribution in [0.1, 0.15) is 12.8 Å². The first kappa shape index (κ1) is 7.84. The van der Waals surface area contributed by atoms with Crippen LogP contribution in [-0.2, 0) is 9.53 Å². The van der Waals surface area contributed by atoms with Crippen LogP contribution in [0.25, 0.3) is 0 Å². The molecule has 1 amide bonds. The van der Waals surface area contributed by atoms with Gasteiger partial charge < -0.3 is 15.2 Å². The van der Waals surface area contributed by atoms with E-state index in [1.807, 2.05) is 0 Å². The lowest BCUT2D eigenvalue weighted by Gasteiger charge is -2.21. The molecule has 11 heavy (non-hydrogen) atoms. The van der Waals surface area contributed by atoms with Crippen LogP contribution in [0.5, 0.6) is 0 Å². The Morgan fingerprint density at radius 1 is 1.82 bits per heavy atom. The molecule has 62 valence electrons. The minimum absolute atomic E-state index is 0.104. The van der Waals surface area contributed by atoms with Gasteiger partial charge in [0.15, 0.2) is 0 Å². The summed E-state index contributed by atoms with van der Waals surface area (Å²) >= 11 is 0. The number of cyclic esters (lactones) is 1. The van der Waals surface area contributed by atoms with Crippen molar-refractivity contribution < 1.29 is 19.4 Å². The molecule has 0 radical (unpaired) electrons. The zero-order chi connectivity index (χ0) is 8.27. The van der Waals surface area contributed by atoms with Crippen molar-refractivity contribution in [2.45, 2.75) is 18.9 Å². The highest BCUT2D eigenvalue weighted by molar-refractivity contribution is 5.71. The molecule has 5 nitrogen and oxygen atoms in total. The zero-order valence-corrected chi connectivity index (χ0v) is 5.87. The number of carbonyl (C=O) groups excluding carboxylic acids is 1. The van der Waals surface area contributed by atoms with Crippen molar-refractivity contribution in [1.29, 1.82) is 0 Å². The van der Waals surface area contributed by atoms with Crippen molar-refractivity contribution in [1.82, 2.24) is 5.32 Å². The third kappa shape index (κ3) is 2.45. The summed E-state index contributed by atoms with van der Waals surface area (Å²) in [6.45, 7) is 0.497. The van der Waals surface area contributed by atoms with Gasteiger partial charge >= 0.3 is 12.1 Å². The first-order valence-corrected chi connectivity index (χ1v) is 3.35. The van der Waals surface area contributed by atoms with Crippen LogP contribution < -0.4 is 5.32 Å². The highest BCUT2D eigenvalue weighted by atomic mass is 16.6. The van der Waals surface area contributed by atoms with Gasteiger partial charge in [0, 0.05) is 13.0 Å². The van der Waals surface area contributed by atoms with E-state index >= 15 is 0 Å². The Kier molecular flexibility index (Phi) is 2.30. The number of hydrogen-bond acceptors (Lipinski definition) is 3. The van der Waals surface area contributed by atoms with Gasteiger partial charge in [0.1, 0.15) is 6.10 Å². The number of aliphatic carboxylic acids is 1. The predicted octanol–water partition coefficient (Wildman–Crippen LogP) is -0.0404. The minimum atomic E-state index is -0.940. The van der Waals surface area contributed by atoms with Crippen LogP contribution >= 0.6 is 0 Å². The molecule has 1 aliphatic heterocycles. The van der Waals surface area contributed by atoms with Crippen LogP contribution in [0.3, 0.4) is 0 Å². The first-order valence-electron chi connectivity index (χ1n) is 3.35. The Morgan fingerprint density at radius 2 is 2.55 bits per heavy atom. The molecule has 0 aliphatic carbocycles. The Balaban J connectivity index is 2.34. The lowest BCUT2D eigenvalue weighted by Crippen LogP contribution is -2.38. The van der Waals surface area contributed by atoms with Gasteiger partial charge in [-0.25, -0.2) is 4.79 Å². The number of ether oxygens (including phenoxy) is 1. The van der Waals surface area contributed by atoms with Crippen molar-refractivity contribution in [3.05, 3.63) is 0 Å². The molecule has 1 aliphatic rings. The van der Waals surface area contributed by atoms with Crippen LogP contribution in [0.15, 0.2) is 0 Å². The second kappa shape index (κ2) is 3.23. The predicted molar refractivity (Wildman–Crippen MR) is 35.1 cm³/mol. The SMILES string of the molecule is O=C(O)CC1CCNC(=O)O1. The number of rotatable bonds is 2. The standard InChI is InChI=1S/C6H9NO4/c8-5(9)3-4-1-2-7-6(10)11-4/h4H,1-3H2,(H,7,10)(H,8,9). The number of carbonyl (C=O) groups is 2. The van der Waals surface area contributed by atoms with Gasteiger partial charge in [0.25, 0.3) is 0 Å². The number of hydrogen-bond donors (Lipinski definition) is 2. The number of carboxylic acids is 1. The van der Waals surface area contributed by atoms with E-state index in [1.165, 1.54) is 0 Å². The van der Waals surface area contributed by atoms with Crippen molar-refractivity contribution in [2.75, 3.05) is 6.54 Å². The Hall–Kier alpha value is -1.26. The molecular weight excluding hydrogens is 150 g/mol. The molecular formula is C6H9NO4. The molecule has 5 heteroatoms.